The second-order valence-corrected chi connectivity index (χ2v) is 11.6. The van der Waals surface area contributed by atoms with Gasteiger partial charge in [0.2, 0.25) is 0 Å². The van der Waals surface area contributed by atoms with Crippen LogP contribution in [0.3, 0.4) is 0 Å². The number of hydrogen-bond donors (Lipinski definition) is 2. The molecule has 224 valence electrons. The molecule has 0 bridgehead atoms. The molecule has 3 aromatic carbocycles. The maximum atomic E-state index is 12.8. The normalized spacial score (nSPS) is 12.5. The van der Waals surface area contributed by atoms with Crippen LogP contribution in [0.25, 0.3) is 10.9 Å². The summed E-state index contributed by atoms with van der Waals surface area (Å²) < 4.78 is 40.4. The van der Waals surface area contributed by atoms with E-state index in [4.69, 9.17) is 9.47 Å². The molecule has 2 amide bonds. The monoisotopic (exact) mass is 641 g/mol. The number of rotatable bonds is 8. The molecule has 14 heteroatoms. The van der Waals surface area contributed by atoms with Gasteiger partial charge in [0, 0.05) is 41.8 Å². The molecule has 4 aromatic rings. The Balaban J connectivity index is 0.00000242. The molecule has 0 spiro atoms. The van der Waals surface area contributed by atoms with E-state index in [2.05, 4.69) is 10.0 Å². The molecule has 1 heterocycles. The van der Waals surface area contributed by atoms with Crippen molar-refractivity contribution in [3.63, 3.8) is 0 Å². The van der Waals surface area contributed by atoms with Gasteiger partial charge in [-0.2, -0.15) is 0 Å². The van der Waals surface area contributed by atoms with Crippen LogP contribution >= 0.6 is 0 Å². The summed E-state index contributed by atoms with van der Waals surface area (Å²) in [6.45, 7) is 0. The van der Waals surface area contributed by atoms with Crippen LogP contribution in [0.4, 0.5) is 10.5 Å². The Kier molecular flexibility index (Phi) is 15.6. The Bertz CT molecular complexity index is 1670. The SMILES string of the molecule is COc1cc(C(=O)NS(=O)(=O)c2ccccc2)ccc1Cc1cn(C)c2ccc(NC(=O)OC3CCCC3)cc12.[Na+].[Na+].[OH-].[OH-]. The van der Waals surface area contributed by atoms with Crippen LogP contribution in [0.2, 0.25) is 0 Å². The fourth-order valence-electron chi connectivity index (χ4n) is 5.07. The number of ether oxygens (including phenoxy) is 2. The third kappa shape index (κ3) is 9.32. The summed E-state index contributed by atoms with van der Waals surface area (Å²) in [5.41, 5.74) is 3.60. The van der Waals surface area contributed by atoms with Gasteiger partial charge in [-0.05, 0) is 79.3 Å². The molecule has 0 radical (unpaired) electrons. The minimum Gasteiger partial charge on any atom is -0.870 e. The Morgan fingerprint density at radius 3 is 2.27 bits per heavy atom. The Morgan fingerprint density at radius 2 is 1.61 bits per heavy atom. The van der Waals surface area contributed by atoms with E-state index in [0.29, 0.717) is 17.9 Å². The minimum absolute atomic E-state index is 0. The molecule has 1 aliphatic rings. The Morgan fingerprint density at radius 1 is 0.932 bits per heavy atom. The molecule has 1 aliphatic carbocycles. The topological polar surface area (TPSA) is 176 Å². The third-order valence-electron chi connectivity index (χ3n) is 7.11. The van der Waals surface area contributed by atoms with Crippen molar-refractivity contribution in [2.45, 2.75) is 43.1 Å². The quantitative estimate of drug-likeness (QED) is 0.231. The second-order valence-electron chi connectivity index (χ2n) is 9.89. The number of benzene rings is 3. The number of fused-ring (bicyclic) bond motifs is 1. The Hall–Kier alpha value is -2.39. The molecule has 0 aliphatic heterocycles. The Labute approximate surface area is 300 Å². The molecule has 44 heavy (non-hydrogen) atoms. The van der Waals surface area contributed by atoms with Crippen molar-refractivity contribution in [3.05, 3.63) is 89.6 Å². The van der Waals surface area contributed by atoms with Crippen LogP contribution in [0.15, 0.2) is 77.8 Å². The minimum atomic E-state index is -4.01. The average Bonchev–Trinajstić information content (AvgIpc) is 3.56. The zero-order valence-electron chi connectivity index (χ0n) is 25.2. The van der Waals surface area contributed by atoms with Crippen LogP contribution in [-0.2, 0) is 28.2 Å². The van der Waals surface area contributed by atoms with E-state index in [0.717, 1.165) is 47.7 Å². The number of nitrogens with zero attached hydrogens (tertiary/aromatic N) is 1. The summed E-state index contributed by atoms with van der Waals surface area (Å²) in [5, 5.41) is 3.80. The zero-order chi connectivity index (χ0) is 28.3. The standard InChI is InChI=1S/C30H31N3O6S.2Na.2H2O/c1-33-19-22(26-18-23(14-15-27(26)33)31-30(35)39-24-8-6-7-9-24)16-20-12-13-21(17-28(20)38-2)29(34)32-40(36,37)25-10-4-3-5-11-25;;;;/h3-5,10-15,17-19,24H,6-9,16H2,1-2H3,(H,31,35)(H,32,34);;;2*1H2/q;2*+1;;/p-2. The molecular formula is C30H33N3Na2O8S. The number of carbonyl (C=O) groups excluding carboxylic acids is 2. The molecule has 0 atom stereocenters. The van der Waals surface area contributed by atoms with Crippen LogP contribution < -0.4 is 73.9 Å². The molecule has 1 fully saturated rings. The van der Waals surface area contributed by atoms with Crippen molar-refractivity contribution in [2.75, 3.05) is 12.4 Å². The van der Waals surface area contributed by atoms with Gasteiger partial charge in [-0.3, -0.25) is 10.1 Å². The number of carbonyl (C=O) groups is 2. The molecule has 1 aromatic heterocycles. The van der Waals surface area contributed by atoms with Gasteiger partial charge in [0.05, 0.1) is 12.0 Å². The van der Waals surface area contributed by atoms with Crippen LogP contribution in [-0.4, -0.2) is 49.2 Å². The van der Waals surface area contributed by atoms with E-state index in [-0.39, 0.29) is 86.6 Å². The molecular weight excluding hydrogens is 608 g/mol. The number of amides is 2. The molecule has 4 N–H and O–H groups in total. The smallest absolute Gasteiger partial charge is 0.870 e. The summed E-state index contributed by atoms with van der Waals surface area (Å²) >= 11 is 0. The number of aryl methyl sites for hydroxylation is 1. The molecule has 11 nitrogen and oxygen atoms in total. The second kappa shape index (κ2) is 17.3. The summed E-state index contributed by atoms with van der Waals surface area (Å²) in [4.78, 5) is 25.2. The molecule has 5 rings (SSSR count). The van der Waals surface area contributed by atoms with Crippen molar-refractivity contribution < 1.29 is 97.5 Å². The zero-order valence-corrected chi connectivity index (χ0v) is 30.1. The maximum Gasteiger partial charge on any atom is 1.00 e. The first kappa shape index (κ1) is 39.6. The van der Waals surface area contributed by atoms with Crippen LogP contribution in [0.5, 0.6) is 5.75 Å². The first-order valence-electron chi connectivity index (χ1n) is 13.1. The van der Waals surface area contributed by atoms with Crippen LogP contribution in [0.1, 0.15) is 47.2 Å². The number of sulfonamides is 1. The van der Waals surface area contributed by atoms with E-state index < -0.39 is 22.0 Å². The van der Waals surface area contributed by atoms with Crippen molar-refractivity contribution >= 4 is 38.6 Å². The summed E-state index contributed by atoms with van der Waals surface area (Å²) in [6, 6.07) is 18.3. The van der Waals surface area contributed by atoms with Gasteiger partial charge in [0.25, 0.3) is 15.9 Å². The number of methoxy groups -OCH3 is 1. The number of anilines is 1. The van der Waals surface area contributed by atoms with Gasteiger partial charge in [-0.25, -0.2) is 17.9 Å². The van der Waals surface area contributed by atoms with E-state index in [1.165, 1.54) is 25.3 Å². The van der Waals surface area contributed by atoms with Crippen molar-refractivity contribution in [2.24, 2.45) is 7.05 Å². The molecule has 0 unspecified atom stereocenters. The summed E-state index contributed by atoms with van der Waals surface area (Å²) in [6.07, 6.45) is 6.00. The fraction of sp³-hybridized carbons (Fsp3) is 0.267. The molecule has 0 saturated heterocycles. The predicted molar refractivity (Wildman–Crippen MR) is 156 cm³/mol. The van der Waals surface area contributed by atoms with Gasteiger partial charge in [-0.15, -0.1) is 0 Å². The van der Waals surface area contributed by atoms with Gasteiger partial charge in [-0.1, -0.05) is 24.3 Å². The van der Waals surface area contributed by atoms with Crippen molar-refractivity contribution in [3.8, 4) is 5.75 Å². The maximum absolute atomic E-state index is 12.8. The number of hydrogen-bond acceptors (Lipinski definition) is 8. The first-order valence-corrected chi connectivity index (χ1v) is 14.6. The van der Waals surface area contributed by atoms with Gasteiger partial charge in [0.1, 0.15) is 11.9 Å². The third-order valence-corrected chi connectivity index (χ3v) is 8.45. The first-order chi connectivity index (χ1) is 19.2. The van der Waals surface area contributed by atoms with Gasteiger partial charge < -0.3 is 25.0 Å². The molecule has 1 saturated carbocycles. The van der Waals surface area contributed by atoms with Gasteiger partial charge in [0.15, 0.2) is 0 Å². The van der Waals surface area contributed by atoms with E-state index in [1.807, 2.05) is 36.0 Å². The summed E-state index contributed by atoms with van der Waals surface area (Å²) in [5.74, 6) is -0.296. The number of nitrogens with one attached hydrogen (secondary N) is 2. The van der Waals surface area contributed by atoms with Gasteiger partial charge >= 0.3 is 65.2 Å². The predicted octanol–water partition coefficient (Wildman–Crippen LogP) is -0.958. The number of aromatic nitrogens is 1. The largest absolute Gasteiger partial charge is 1.00 e. The van der Waals surface area contributed by atoms with E-state index in [9.17, 15) is 18.0 Å². The van der Waals surface area contributed by atoms with E-state index in [1.54, 1.807) is 30.3 Å². The van der Waals surface area contributed by atoms with E-state index >= 15 is 0 Å². The van der Waals surface area contributed by atoms with Crippen molar-refractivity contribution in [1.82, 2.24) is 9.29 Å². The van der Waals surface area contributed by atoms with Crippen LogP contribution in [0, 0.1) is 0 Å². The van der Waals surface area contributed by atoms with Crippen molar-refractivity contribution in [1.29, 1.82) is 0 Å². The summed E-state index contributed by atoms with van der Waals surface area (Å²) in [7, 11) is -0.557. The average molecular weight is 642 g/mol. The fourth-order valence-corrected chi connectivity index (χ4v) is 6.07.